The maximum absolute atomic E-state index is 15.7. The van der Waals surface area contributed by atoms with Crippen LogP contribution in [-0.4, -0.2) is 54.3 Å². The molecule has 4 N–H and O–H groups in total. The molecule has 2 unspecified atom stereocenters. The summed E-state index contributed by atoms with van der Waals surface area (Å²) in [4.78, 5) is 37.7. The highest BCUT2D eigenvalue weighted by atomic mass is 35.5. The van der Waals surface area contributed by atoms with Crippen molar-refractivity contribution < 1.29 is 37.7 Å². The number of methoxy groups -OCH3 is 1. The van der Waals surface area contributed by atoms with Gasteiger partial charge in [0, 0.05) is 23.0 Å². The fourth-order valence-corrected chi connectivity index (χ4v) is 5.74. The van der Waals surface area contributed by atoms with Gasteiger partial charge in [0.05, 0.1) is 12.4 Å². The topological polar surface area (TPSA) is 126 Å². The van der Waals surface area contributed by atoms with Crippen molar-refractivity contribution >= 4 is 41.3 Å². The van der Waals surface area contributed by atoms with Gasteiger partial charge in [-0.1, -0.05) is 79.9 Å². The molecular formula is C29H36ClF2N3O6S. The molecule has 2 aromatic carbocycles. The van der Waals surface area contributed by atoms with E-state index >= 15 is 8.78 Å². The van der Waals surface area contributed by atoms with Crippen LogP contribution in [0.15, 0.2) is 54.6 Å². The second kappa shape index (κ2) is 15.6. The lowest BCUT2D eigenvalue weighted by Gasteiger charge is -2.30. The van der Waals surface area contributed by atoms with E-state index in [2.05, 4.69) is 15.4 Å². The minimum Gasteiger partial charge on any atom is -0.467 e. The van der Waals surface area contributed by atoms with Gasteiger partial charge >= 0.3 is 11.9 Å². The number of ether oxygens (including phenoxy) is 2. The Morgan fingerprint density at radius 1 is 1.19 bits per heavy atom. The first-order valence-electron chi connectivity index (χ1n) is 13.5. The quantitative estimate of drug-likeness (QED) is 0.131. The molecule has 2 amide bonds. The minimum absolute atomic E-state index is 0.0227. The van der Waals surface area contributed by atoms with E-state index in [9.17, 15) is 19.5 Å². The van der Waals surface area contributed by atoms with Crippen LogP contribution in [0.25, 0.3) is 0 Å². The fourth-order valence-electron chi connectivity index (χ4n) is 4.56. The van der Waals surface area contributed by atoms with E-state index in [0.29, 0.717) is 19.4 Å². The molecule has 13 heteroatoms. The number of aliphatic hydroxyl groups is 1. The van der Waals surface area contributed by atoms with Crippen molar-refractivity contribution in [3.05, 3.63) is 70.7 Å². The summed E-state index contributed by atoms with van der Waals surface area (Å²) in [6.45, 7) is 4.25. The third-order valence-corrected chi connectivity index (χ3v) is 7.94. The number of amides is 2. The number of carbonyl (C=O) groups excluding carboxylic acids is 3. The average Bonchev–Trinajstić information content (AvgIpc) is 3.37. The molecule has 1 fully saturated rings. The van der Waals surface area contributed by atoms with Crippen LogP contribution in [0.3, 0.4) is 0 Å². The highest BCUT2D eigenvalue weighted by Crippen LogP contribution is 2.44. The minimum atomic E-state index is -3.59. The predicted octanol–water partition coefficient (Wildman–Crippen LogP) is 4.30. The van der Waals surface area contributed by atoms with Crippen molar-refractivity contribution in [3.63, 3.8) is 0 Å². The number of benzene rings is 2. The summed E-state index contributed by atoms with van der Waals surface area (Å²) in [5.74, 6) is -5.46. The van der Waals surface area contributed by atoms with Crippen LogP contribution in [-0.2, 0) is 29.8 Å². The number of aliphatic hydroxyl groups excluding tert-OH is 1. The zero-order valence-corrected chi connectivity index (χ0v) is 25.1. The van der Waals surface area contributed by atoms with Gasteiger partial charge in [-0.05, 0) is 42.9 Å². The van der Waals surface area contributed by atoms with Gasteiger partial charge < -0.3 is 25.2 Å². The van der Waals surface area contributed by atoms with Crippen LogP contribution in [0.1, 0.15) is 50.3 Å². The normalized spacial score (nSPS) is 18.2. The highest BCUT2D eigenvalue weighted by molar-refractivity contribution is 7.98. The third-order valence-electron chi connectivity index (χ3n) is 6.68. The maximum atomic E-state index is 15.7. The van der Waals surface area contributed by atoms with Crippen molar-refractivity contribution in [1.82, 2.24) is 15.4 Å². The zero-order valence-electron chi connectivity index (χ0n) is 23.5. The van der Waals surface area contributed by atoms with Crippen LogP contribution in [0.2, 0.25) is 5.02 Å². The van der Waals surface area contributed by atoms with Gasteiger partial charge in [0.15, 0.2) is 6.10 Å². The number of alkyl halides is 2. The van der Waals surface area contributed by atoms with Gasteiger partial charge in [0.25, 0.3) is 0 Å². The standard InChI is InChI=1S/C29H36ClF2N3O6S/c1-17(2)14-23(26(37)34-22(27(38)40-3)15-19-12-13-33-25(19)36)42-35-28(39)41-24(18-8-5-4-6-9-18)29(31,32)20-10-7-11-21(30)16-20/h4-11,16-17,19,22-24,28,35,39H,12-15H2,1-3H3,(H,33,36)(H,34,37)/t19-,22-,23-,24?,28?/m0/s1. The SMILES string of the molecule is COC(=O)[C@H](C[C@@H]1CCNC1=O)NC(=O)[C@H](CC(C)C)SNC(O)OC(c1ccccc1)C(F)(F)c1cccc(Cl)c1. The smallest absolute Gasteiger partial charge is 0.328 e. The molecule has 0 saturated carbocycles. The first kappa shape index (κ1) is 33.7. The molecule has 5 atom stereocenters. The molecule has 0 bridgehead atoms. The summed E-state index contributed by atoms with van der Waals surface area (Å²) in [7, 11) is 1.19. The second-order valence-electron chi connectivity index (χ2n) is 10.4. The molecule has 0 aliphatic carbocycles. The summed E-state index contributed by atoms with van der Waals surface area (Å²) in [5, 5.41) is 15.3. The molecular weight excluding hydrogens is 592 g/mol. The molecule has 0 radical (unpaired) electrons. The molecule has 42 heavy (non-hydrogen) atoms. The van der Waals surface area contributed by atoms with E-state index in [-0.39, 0.29) is 28.8 Å². The average molecular weight is 628 g/mol. The molecule has 9 nitrogen and oxygen atoms in total. The molecule has 1 aliphatic heterocycles. The third kappa shape index (κ3) is 9.37. The Labute approximate surface area is 253 Å². The summed E-state index contributed by atoms with van der Waals surface area (Å²) < 4.78 is 44.3. The van der Waals surface area contributed by atoms with Gasteiger partial charge in [-0.2, -0.15) is 8.78 Å². The second-order valence-corrected chi connectivity index (χ2v) is 11.8. The number of nitrogens with one attached hydrogen (secondary N) is 3. The lowest BCUT2D eigenvalue weighted by atomic mass is 9.97. The monoisotopic (exact) mass is 627 g/mol. The number of hydrogen-bond acceptors (Lipinski definition) is 8. The molecule has 3 rings (SSSR count). The van der Waals surface area contributed by atoms with Crippen molar-refractivity contribution in [2.45, 2.75) is 62.8 Å². The highest BCUT2D eigenvalue weighted by Gasteiger charge is 2.45. The van der Waals surface area contributed by atoms with E-state index in [4.69, 9.17) is 21.1 Å². The van der Waals surface area contributed by atoms with Gasteiger partial charge in [-0.3, -0.25) is 9.59 Å². The van der Waals surface area contributed by atoms with Crippen LogP contribution in [0, 0.1) is 11.8 Å². The lowest BCUT2D eigenvalue weighted by molar-refractivity contribution is -0.222. The number of carbonyl (C=O) groups is 3. The fraction of sp³-hybridized carbons (Fsp3) is 0.483. The number of halogens is 3. The largest absolute Gasteiger partial charge is 0.467 e. The summed E-state index contributed by atoms with van der Waals surface area (Å²) in [5.41, 5.74) is -0.285. The number of hydrogen-bond donors (Lipinski definition) is 4. The van der Waals surface area contributed by atoms with Crippen molar-refractivity contribution in [2.24, 2.45) is 11.8 Å². The zero-order chi connectivity index (χ0) is 30.9. The lowest BCUT2D eigenvalue weighted by Crippen LogP contribution is -2.47. The predicted molar refractivity (Wildman–Crippen MR) is 155 cm³/mol. The summed E-state index contributed by atoms with van der Waals surface area (Å²) >= 11 is 6.74. The van der Waals surface area contributed by atoms with E-state index in [1.165, 1.54) is 37.4 Å². The van der Waals surface area contributed by atoms with E-state index in [1.807, 2.05) is 13.8 Å². The van der Waals surface area contributed by atoms with E-state index in [0.717, 1.165) is 18.0 Å². The molecule has 1 heterocycles. The van der Waals surface area contributed by atoms with Gasteiger partial charge in [0.2, 0.25) is 18.2 Å². The summed E-state index contributed by atoms with van der Waals surface area (Å²) in [6, 6.07) is 11.9. The van der Waals surface area contributed by atoms with Gasteiger partial charge in [-0.15, -0.1) is 0 Å². The maximum Gasteiger partial charge on any atom is 0.328 e. The van der Waals surface area contributed by atoms with Gasteiger partial charge in [0.1, 0.15) is 6.04 Å². The molecule has 0 aromatic heterocycles. The Morgan fingerprint density at radius 3 is 2.50 bits per heavy atom. The van der Waals surface area contributed by atoms with Crippen LogP contribution in [0.5, 0.6) is 0 Å². The molecule has 230 valence electrons. The van der Waals surface area contributed by atoms with Crippen LogP contribution >= 0.6 is 23.5 Å². The Bertz CT molecular complexity index is 1210. The molecule has 1 saturated heterocycles. The Morgan fingerprint density at radius 2 is 1.90 bits per heavy atom. The van der Waals surface area contributed by atoms with Crippen LogP contribution < -0.4 is 15.4 Å². The molecule has 2 aromatic rings. The number of rotatable bonds is 15. The number of esters is 1. The van der Waals surface area contributed by atoms with Gasteiger partial charge in [-0.25, -0.2) is 9.52 Å². The van der Waals surface area contributed by atoms with E-state index in [1.54, 1.807) is 18.2 Å². The first-order chi connectivity index (χ1) is 19.9. The van der Waals surface area contributed by atoms with Crippen LogP contribution in [0.4, 0.5) is 8.78 Å². The van der Waals surface area contributed by atoms with Crippen molar-refractivity contribution in [1.29, 1.82) is 0 Å². The Kier molecular flexibility index (Phi) is 12.6. The first-order valence-corrected chi connectivity index (χ1v) is 14.8. The van der Waals surface area contributed by atoms with E-state index < -0.39 is 53.1 Å². The van der Waals surface area contributed by atoms with Crippen molar-refractivity contribution in [2.75, 3.05) is 13.7 Å². The van der Waals surface area contributed by atoms with Crippen molar-refractivity contribution in [3.8, 4) is 0 Å². The Balaban J connectivity index is 1.73. The Hall–Kier alpha value is -2.77. The summed E-state index contributed by atoms with van der Waals surface area (Å²) in [6.07, 6.45) is -2.90. The molecule has 0 spiro atoms. The molecule has 1 aliphatic rings.